The Bertz CT molecular complexity index is 946. The molecule has 0 aromatic carbocycles. The third-order valence-electron chi connectivity index (χ3n) is 12.3. The SMILES string of the molecule is CC(C)CCC[C@@H](C)[C@H]1CC[C@H]2[C@@H]3CC=C4C[C@@H](N(CCNC5=NCCN5)C(=O)O)CC[C@]4(C)[C@H]3CC[C@]12C. The van der Waals surface area contributed by atoms with Crippen LogP contribution in [0.2, 0.25) is 0 Å². The van der Waals surface area contributed by atoms with Crippen LogP contribution in [0.5, 0.6) is 0 Å². The average Bonchev–Trinajstić information content (AvgIpc) is 3.53. The summed E-state index contributed by atoms with van der Waals surface area (Å²) in [6, 6.07) is 0.0926. The molecule has 3 N–H and O–H groups in total. The Morgan fingerprint density at radius 1 is 1.15 bits per heavy atom. The quantitative estimate of drug-likeness (QED) is 0.277. The number of guanidine groups is 1. The number of nitrogens with one attached hydrogen (secondary N) is 2. The molecule has 5 rings (SSSR count). The fourth-order valence-corrected chi connectivity index (χ4v) is 10.2. The summed E-state index contributed by atoms with van der Waals surface area (Å²) in [5.41, 5.74) is 2.34. The van der Waals surface area contributed by atoms with Crippen LogP contribution in [-0.2, 0) is 0 Å². The smallest absolute Gasteiger partial charge is 0.407 e. The first-order valence-corrected chi connectivity index (χ1v) is 16.3. The molecule has 3 saturated carbocycles. The highest BCUT2D eigenvalue weighted by atomic mass is 16.4. The lowest BCUT2D eigenvalue weighted by Gasteiger charge is -2.59. The van der Waals surface area contributed by atoms with Crippen molar-refractivity contribution in [1.82, 2.24) is 15.5 Å². The van der Waals surface area contributed by atoms with Crippen molar-refractivity contribution in [1.29, 1.82) is 0 Å². The van der Waals surface area contributed by atoms with Crippen molar-refractivity contribution in [2.75, 3.05) is 26.2 Å². The van der Waals surface area contributed by atoms with Crippen molar-refractivity contribution in [3.05, 3.63) is 11.6 Å². The van der Waals surface area contributed by atoms with E-state index in [0.717, 1.165) is 73.8 Å². The standard InChI is InChI=1S/C33H56N4O2/c1-22(2)7-6-8-23(3)27-11-12-28-26-10-9-24-21-25(13-15-32(24,4)29(26)14-16-33(27,28)5)37(31(38)39)20-19-36-30-34-17-18-35-30/h9,22-23,25-29H,6-8,10-21H2,1-5H3,(H,38,39)(H2,34,35,36)/t23-,25+,26+,27-,28+,29+,32+,33-/m1/s1. The first-order valence-electron chi connectivity index (χ1n) is 16.3. The van der Waals surface area contributed by atoms with Gasteiger partial charge in [-0.05, 0) is 97.7 Å². The zero-order chi connectivity index (χ0) is 27.8. The van der Waals surface area contributed by atoms with Crippen LogP contribution in [0.1, 0.15) is 105 Å². The van der Waals surface area contributed by atoms with Crippen molar-refractivity contribution in [2.45, 2.75) is 111 Å². The number of carbonyl (C=O) groups is 1. The van der Waals surface area contributed by atoms with Gasteiger partial charge in [-0.2, -0.15) is 0 Å². The van der Waals surface area contributed by atoms with Gasteiger partial charge in [-0.1, -0.05) is 65.5 Å². The molecule has 3 fully saturated rings. The summed E-state index contributed by atoms with van der Waals surface area (Å²) in [4.78, 5) is 18.3. The van der Waals surface area contributed by atoms with Crippen molar-refractivity contribution in [2.24, 2.45) is 51.3 Å². The highest BCUT2D eigenvalue weighted by Crippen LogP contribution is 2.67. The number of carboxylic acid groups (broad SMARTS) is 1. The molecule has 4 aliphatic carbocycles. The highest BCUT2D eigenvalue weighted by Gasteiger charge is 2.59. The maximum absolute atomic E-state index is 12.3. The number of hydrogen-bond donors (Lipinski definition) is 3. The lowest BCUT2D eigenvalue weighted by molar-refractivity contribution is -0.0540. The number of hydrogen-bond acceptors (Lipinski definition) is 4. The summed E-state index contributed by atoms with van der Waals surface area (Å²) in [6.45, 7) is 15.3. The van der Waals surface area contributed by atoms with Crippen molar-refractivity contribution < 1.29 is 9.90 Å². The third-order valence-corrected chi connectivity index (χ3v) is 12.3. The summed E-state index contributed by atoms with van der Waals surface area (Å²) in [7, 11) is 0. The zero-order valence-electron chi connectivity index (χ0n) is 25.5. The lowest BCUT2D eigenvalue weighted by Crippen LogP contribution is -2.53. The minimum Gasteiger partial charge on any atom is -0.465 e. The average molecular weight is 541 g/mol. The van der Waals surface area contributed by atoms with Crippen LogP contribution in [0, 0.1) is 46.3 Å². The number of fused-ring (bicyclic) bond motifs is 5. The monoisotopic (exact) mass is 540 g/mol. The van der Waals surface area contributed by atoms with E-state index >= 15 is 0 Å². The predicted octanol–water partition coefficient (Wildman–Crippen LogP) is 6.93. The number of aliphatic imine (C=N–C) groups is 1. The second kappa shape index (κ2) is 11.6. The van der Waals surface area contributed by atoms with Gasteiger partial charge in [-0.15, -0.1) is 0 Å². The topological polar surface area (TPSA) is 77.0 Å². The minimum atomic E-state index is -0.783. The van der Waals surface area contributed by atoms with Gasteiger partial charge >= 0.3 is 6.09 Å². The maximum atomic E-state index is 12.3. The molecule has 6 heteroatoms. The Morgan fingerprint density at radius 3 is 2.69 bits per heavy atom. The fourth-order valence-electron chi connectivity index (χ4n) is 10.2. The van der Waals surface area contributed by atoms with Gasteiger partial charge in [-0.25, -0.2) is 4.79 Å². The molecule has 220 valence electrons. The number of amides is 1. The zero-order valence-corrected chi connectivity index (χ0v) is 25.5. The fraction of sp³-hybridized carbons (Fsp3) is 0.879. The van der Waals surface area contributed by atoms with Crippen LogP contribution >= 0.6 is 0 Å². The summed E-state index contributed by atoms with van der Waals surface area (Å²) in [6.07, 6.45) is 15.9. The molecular formula is C33H56N4O2. The predicted molar refractivity (Wildman–Crippen MR) is 160 cm³/mol. The van der Waals surface area contributed by atoms with E-state index in [4.69, 9.17) is 0 Å². The Morgan fingerprint density at radius 2 is 1.97 bits per heavy atom. The van der Waals surface area contributed by atoms with Crippen LogP contribution in [0.25, 0.3) is 0 Å². The summed E-state index contributed by atoms with van der Waals surface area (Å²) in [5, 5.41) is 16.6. The van der Waals surface area contributed by atoms with Crippen LogP contribution in [-0.4, -0.2) is 54.3 Å². The Balaban J connectivity index is 1.23. The first-order chi connectivity index (χ1) is 18.6. The van der Waals surface area contributed by atoms with Crippen molar-refractivity contribution >= 4 is 12.1 Å². The molecule has 6 nitrogen and oxygen atoms in total. The Hall–Kier alpha value is -1.72. The third kappa shape index (κ3) is 5.60. The second-order valence-electron chi connectivity index (χ2n) is 14.7. The molecule has 0 bridgehead atoms. The van der Waals surface area contributed by atoms with E-state index < -0.39 is 6.09 Å². The van der Waals surface area contributed by atoms with Crippen molar-refractivity contribution in [3.8, 4) is 0 Å². The molecule has 39 heavy (non-hydrogen) atoms. The first kappa shape index (κ1) is 28.8. The number of rotatable bonds is 9. The molecule has 0 spiro atoms. The summed E-state index contributed by atoms with van der Waals surface area (Å²) < 4.78 is 0. The van der Waals surface area contributed by atoms with Gasteiger partial charge < -0.3 is 20.6 Å². The molecule has 0 aromatic rings. The van der Waals surface area contributed by atoms with E-state index in [0.29, 0.717) is 18.5 Å². The van der Waals surface area contributed by atoms with E-state index in [2.05, 4.69) is 56.3 Å². The van der Waals surface area contributed by atoms with Gasteiger partial charge in [0.1, 0.15) is 0 Å². The summed E-state index contributed by atoms with van der Waals surface area (Å²) >= 11 is 0. The van der Waals surface area contributed by atoms with Gasteiger partial charge in [-0.3, -0.25) is 4.99 Å². The van der Waals surface area contributed by atoms with Crippen LogP contribution < -0.4 is 10.6 Å². The van der Waals surface area contributed by atoms with Crippen LogP contribution in [0.4, 0.5) is 4.79 Å². The number of nitrogens with zero attached hydrogens (tertiary/aromatic N) is 2. The van der Waals surface area contributed by atoms with Gasteiger partial charge in [0.2, 0.25) is 0 Å². The summed E-state index contributed by atoms with van der Waals surface area (Å²) in [5.74, 6) is 5.84. The molecule has 5 aliphatic rings. The molecule has 0 saturated heterocycles. The van der Waals surface area contributed by atoms with Crippen LogP contribution in [0.3, 0.4) is 0 Å². The van der Waals surface area contributed by atoms with Gasteiger partial charge in [0.15, 0.2) is 5.96 Å². The van der Waals surface area contributed by atoms with Gasteiger partial charge in [0.05, 0.1) is 6.54 Å². The van der Waals surface area contributed by atoms with E-state index in [1.54, 1.807) is 10.5 Å². The molecule has 0 aromatic heterocycles. The van der Waals surface area contributed by atoms with E-state index in [9.17, 15) is 9.90 Å². The molecule has 8 atom stereocenters. The highest BCUT2D eigenvalue weighted by molar-refractivity contribution is 5.81. The van der Waals surface area contributed by atoms with Gasteiger partial charge in [0.25, 0.3) is 0 Å². The molecule has 1 heterocycles. The van der Waals surface area contributed by atoms with E-state index in [-0.39, 0.29) is 11.5 Å². The van der Waals surface area contributed by atoms with Crippen LogP contribution in [0.15, 0.2) is 16.6 Å². The molecular weight excluding hydrogens is 484 g/mol. The largest absolute Gasteiger partial charge is 0.465 e. The van der Waals surface area contributed by atoms with E-state index in [1.807, 2.05) is 0 Å². The maximum Gasteiger partial charge on any atom is 0.407 e. The molecule has 0 radical (unpaired) electrons. The lowest BCUT2D eigenvalue weighted by atomic mass is 9.46. The van der Waals surface area contributed by atoms with Crippen molar-refractivity contribution in [3.63, 3.8) is 0 Å². The minimum absolute atomic E-state index is 0.0926. The molecule has 1 amide bonds. The Kier molecular flexibility index (Phi) is 8.60. The normalized spacial score (nSPS) is 38.2. The molecule has 1 aliphatic heterocycles. The van der Waals surface area contributed by atoms with Gasteiger partial charge in [0, 0.05) is 25.7 Å². The Labute approximate surface area is 237 Å². The number of allylic oxidation sites excluding steroid dienone is 1. The second-order valence-corrected chi connectivity index (χ2v) is 14.7. The van der Waals surface area contributed by atoms with E-state index in [1.165, 1.54) is 51.4 Å². The molecule has 0 unspecified atom stereocenters.